The van der Waals surface area contributed by atoms with Crippen LogP contribution >= 0.6 is 0 Å². The molecule has 6 rings (SSSR count). The lowest BCUT2D eigenvalue weighted by Gasteiger charge is -2.35. The zero-order valence-corrected chi connectivity index (χ0v) is 26.7. The van der Waals surface area contributed by atoms with Gasteiger partial charge in [0.2, 0.25) is 17.5 Å². The first-order valence-corrected chi connectivity index (χ1v) is 16.4. The Balaban J connectivity index is 1.39. The number of rotatable bonds is 2. The van der Waals surface area contributed by atoms with Crippen molar-refractivity contribution in [3.63, 3.8) is 0 Å². The maximum Gasteiger partial charge on any atom is 0.586 e. The van der Waals surface area contributed by atoms with Gasteiger partial charge in [0.05, 0.1) is 18.1 Å². The number of halogens is 2. The first kappa shape index (κ1) is 32.2. The van der Waals surface area contributed by atoms with Gasteiger partial charge in [0.25, 0.3) is 0 Å². The largest absolute Gasteiger partial charge is 0.586 e. The molecule has 1 aromatic carbocycles. The third kappa shape index (κ3) is 6.29. The maximum atomic E-state index is 14.2. The zero-order valence-electron chi connectivity index (χ0n) is 26.7. The Labute approximate surface area is 266 Å². The number of aryl methyl sites for hydroxylation is 1. The van der Waals surface area contributed by atoms with Crippen molar-refractivity contribution in [2.45, 2.75) is 116 Å². The fourth-order valence-electron chi connectivity index (χ4n) is 7.36. The van der Waals surface area contributed by atoms with Crippen molar-refractivity contribution in [1.29, 1.82) is 0 Å². The molecule has 13 heteroatoms. The molecule has 2 aromatic rings. The maximum absolute atomic E-state index is 14.2. The number of alkyl halides is 2. The number of hydrogen-bond donors (Lipinski definition) is 1. The lowest BCUT2D eigenvalue weighted by atomic mass is 9.85. The Hall–Kier alpha value is -3.77. The van der Waals surface area contributed by atoms with Crippen LogP contribution in [0.1, 0.15) is 84.8 Å². The number of aldehydes is 1. The van der Waals surface area contributed by atoms with E-state index in [2.05, 4.69) is 15.0 Å². The number of carbonyl (C=O) groups is 3. The highest BCUT2D eigenvalue weighted by atomic mass is 19.3. The highest BCUT2D eigenvalue weighted by Gasteiger charge is 2.49. The Bertz CT molecular complexity index is 1500. The van der Waals surface area contributed by atoms with E-state index in [0.717, 1.165) is 51.2 Å². The molecule has 250 valence electrons. The molecule has 6 atom stereocenters. The molecular weight excluding hydrogens is 602 g/mol. The molecule has 0 spiro atoms. The average molecular weight is 645 g/mol. The number of aromatic nitrogens is 2. The summed E-state index contributed by atoms with van der Waals surface area (Å²) in [7, 11) is 0. The van der Waals surface area contributed by atoms with Crippen molar-refractivity contribution in [1.82, 2.24) is 20.2 Å². The van der Waals surface area contributed by atoms with Crippen molar-refractivity contribution in [2.75, 3.05) is 6.54 Å². The normalized spacial score (nSPS) is 30.0. The summed E-state index contributed by atoms with van der Waals surface area (Å²) in [5, 5.41) is 2.83. The second-order valence-corrected chi connectivity index (χ2v) is 13.9. The molecule has 0 unspecified atom stereocenters. The molecule has 1 saturated carbocycles. The second-order valence-electron chi connectivity index (χ2n) is 13.9. The van der Waals surface area contributed by atoms with Crippen LogP contribution in [-0.4, -0.2) is 70.3 Å². The number of alkyl carbamates (subject to hydrolysis) is 1. The quantitative estimate of drug-likeness (QED) is 0.418. The molecular formula is C33H42F2N4O7. The number of nitrogens with zero attached hydrogens (tertiary/aromatic N) is 3. The van der Waals surface area contributed by atoms with Crippen LogP contribution in [0.3, 0.4) is 0 Å². The third-order valence-electron chi connectivity index (χ3n) is 9.76. The Morgan fingerprint density at radius 2 is 1.80 bits per heavy atom. The Morgan fingerprint density at radius 1 is 1.02 bits per heavy atom. The summed E-state index contributed by atoms with van der Waals surface area (Å²) in [5.41, 5.74) is 0.301. The molecule has 2 amide bonds. The van der Waals surface area contributed by atoms with E-state index in [4.69, 9.17) is 19.2 Å². The number of benzene rings is 1. The van der Waals surface area contributed by atoms with Gasteiger partial charge in [-0.1, -0.05) is 40.5 Å². The van der Waals surface area contributed by atoms with Crippen LogP contribution < -0.4 is 19.5 Å². The van der Waals surface area contributed by atoms with Crippen LogP contribution in [0.2, 0.25) is 0 Å². The van der Waals surface area contributed by atoms with E-state index in [-0.39, 0.29) is 41.5 Å². The van der Waals surface area contributed by atoms with Gasteiger partial charge >= 0.3 is 12.4 Å². The SMILES string of the molecule is CC[C@@H]1[C@@H]2CN(C(=O)[C@H](C(C)(C)C)NC(=O)O[C@@H]3CCC[C@H]3CCCCCc3nc4ccc5c(c4nc3O2)OC(F)(F)O5)[C@@H]1C=O. The van der Waals surface area contributed by atoms with Crippen LogP contribution in [-0.2, 0) is 20.7 Å². The van der Waals surface area contributed by atoms with E-state index in [9.17, 15) is 23.2 Å². The highest BCUT2D eigenvalue weighted by Crippen LogP contribution is 2.45. The van der Waals surface area contributed by atoms with Gasteiger partial charge in [0.1, 0.15) is 35.7 Å². The summed E-state index contributed by atoms with van der Waals surface area (Å²) in [4.78, 5) is 50.8. The number of fused-ring (bicyclic) bond motifs is 7. The molecule has 2 fully saturated rings. The predicted molar refractivity (Wildman–Crippen MR) is 162 cm³/mol. The van der Waals surface area contributed by atoms with Gasteiger partial charge < -0.3 is 34.0 Å². The van der Waals surface area contributed by atoms with E-state index in [1.807, 2.05) is 27.7 Å². The van der Waals surface area contributed by atoms with E-state index in [1.165, 1.54) is 11.0 Å². The highest BCUT2D eigenvalue weighted by molar-refractivity contribution is 5.89. The average Bonchev–Trinajstić information content (AvgIpc) is 3.68. The first-order valence-electron chi connectivity index (χ1n) is 16.4. The van der Waals surface area contributed by atoms with E-state index in [1.54, 1.807) is 6.07 Å². The second kappa shape index (κ2) is 12.4. The molecule has 1 aromatic heterocycles. The molecule has 0 radical (unpaired) electrons. The topological polar surface area (TPSA) is 129 Å². The number of amides is 2. The molecule has 3 aliphatic heterocycles. The van der Waals surface area contributed by atoms with Crippen LogP contribution in [0.15, 0.2) is 12.1 Å². The summed E-state index contributed by atoms with van der Waals surface area (Å²) in [6, 6.07) is 1.17. The minimum Gasteiger partial charge on any atom is -0.471 e. The van der Waals surface area contributed by atoms with Crippen LogP contribution in [0.5, 0.6) is 17.4 Å². The van der Waals surface area contributed by atoms with E-state index in [0.29, 0.717) is 24.1 Å². The zero-order chi connectivity index (χ0) is 32.8. The van der Waals surface area contributed by atoms with E-state index >= 15 is 0 Å². The smallest absolute Gasteiger partial charge is 0.471 e. The summed E-state index contributed by atoms with van der Waals surface area (Å²) in [6.45, 7) is 7.51. The lowest BCUT2D eigenvalue weighted by molar-refractivity contribution is -0.286. The molecule has 4 aliphatic rings. The van der Waals surface area contributed by atoms with Crippen molar-refractivity contribution in [2.24, 2.45) is 17.3 Å². The van der Waals surface area contributed by atoms with Gasteiger partial charge in [-0.25, -0.2) is 14.8 Å². The summed E-state index contributed by atoms with van der Waals surface area (Å²) < 4.78 is 49.9. The lowest BCUT2D eigenvalue weighted by Crippen LogP contribution is -2.56. The number of carbonyl (C=O) groups excluding carboxylic acids is 3. The van der Waals surface area contributed by atoms with Crippen molar-refractivity contribution in [3.05, 3.63) is 17.8 Å². The van der Waals surface area contributed by atoms with Crippen LogP contribution in [0.4, 0.5) is 13.6 Å². The minimum absolute atomic E-state index is 0.0541. The van der Waals surface area contributed by atoms with Crippen molar-refractivity contribution in [3.8, 4) is 17.4 Å². The molecule has 4 heterocycles. The predicted octanol–water partition coefficient (Wildman–Crippen LogP) is 5.56. The minimum atomic E-state index is -3.83. The summed E-state index contributed by atoms with van der Waals surface area (Å²) in [5.74, 6) is -0.801. The van der Waals surface area contributed by atoms with Crippen LogP contribution in [0, 0.1) is 17.3 Å². The molecule has 1 N–H and O–H groups in total. The number of hydrogen-bond acceptors (Lipinski definition) is 9. The fourth-order valence-corrected chi connectivity index (χ4v) is 7.36. The van der Waals surface area contributed by atoms with Gasteiger partial charge in [-0.05, 0) is 68.4 Å². The Kier molecular flexibility index (Phi) is 8.71. The van der Waals surface area contributed by atoms with Crippen LogP contribution in [0.25, 0.3) is 11.0 Å². The van der Waals surface area contributed by atoms with Gasteiger partial charge in [0.15, 0.2) is 5.75 Å². The summed E-state index contributed by atoms with van der Waals surface area (Å²) >= 11 is 0. The monoisotopic (exact) mass is 644 g/mol. The fraction of sp³-hybridized carbons (Fsp3) is 0.667. The van der Waals surface area contributed by atoms with Crippen molar-refractivity contribution < 1.29 is 42.1 Å². The Morgan fingerprint density at radius 3 is 2.54 bits per heavy atom. The molecule has 1 aliphatic carbocycles. The molecule has 11 nitrogen and oxygen atoms in total. The summed E-state index contributed by atoms with van der Waals surface area (Å²) in [6.07, 6.45) is 2.64. The van der Waals surface area contributed by atoms with Crippen molar-refractivity contribution >= 4 is 29.3 Å². The van der Waals surface area contributed by atoms with E-state index < -0.39 is 47.8 Å². The molecule has 46 heavy (non-hydrogen) atoms. The van der Waals surface area contributed by atoms with Gasteiger partial charge in [-0.15, -0.1) is 8.78 Å². The number of nitrogens with one attached hydrogen (secondary N) is 1. The number of ether oxygens (including phenoxy) is 4. The van der Waals surface area contributed by atoms with Gasteiger partial charge in [-0.3, -0.25) is 4.79 Å². The van der Waals surface area contributed by atoms with Gasteiger partial charge in [-0.2, -0.15) is 0 Å². The molecule has 1 saturated heterocycles. The van der Waals surface area contributed by atoms with Gasteiger partial charge in [0, 0.05) is 5.92 Å². The first-order chi connectivity index (χ1) is 21.9. The standard InChI is InChI=1S/C33H42F2N4O7/c1-5-19-22(17-40)39-16-25(19)43-29-21(36-20-14-15-24-27(26(20)37-29)46-33(34,35)45-24)12-8-6-7-10-18-11-9-13-23(18)44-31(42)38-28(30(39)41)32(2,3)4/h14-15,17-19,22-23,25,28H,5-13,16H2,1-4H3,(H,38,42)/t18-,19+,22-,23-,25+,28-/m1/s1. The molecule has 2 bridgehead atoms. The third-order valence-corrected chi connectivity index (χ3v) is 9.76.